The number of nitrogens with zero attached hydrogens (tertiary/aromatic N) is 3. The summed E-state index contributed by atoms with van der Waals surface area (Å²) in [5.74, 6) is 0.784. The third kappa shape index (κ3) is 9.60. The number of thiazole rings is 1. The molecule has 50 heavy (non-hydrogen) atoms. The van der Waals surface area contributed by atoms with E-state index in [4.69, 9.17) is 19.2 Å². The van der Waals surface area contributed by atoms with Gasteiger partial charge in [0, 0.05) is 73.5 Å². The van der Waals surface area contributed by atoms with Gasteiger partial charge in [0.05, 0.1) is 23.9 Å². The van der Waals surface area contributed by atoms with Crippen LogP contribution in [0.25, 0.3) is 17.2 Å². The van der Waals surface area contributed by atoms with Gasteiger partial charge in [-0.1, -0.05) is 36.4 Å². The molecule has 0 atom stereocenters. The predicted octanol–water partition coefficient (Wildman–Crippen LogP) is 8.36. The molecule has 8 nitrogen and oxygen atoms in total. The highest BCUT2D eigenvalue weighted by molar-refractivity contribution is 7.09. The van der Waals surface area contributed by atoms with Gasteiger partial charge in [0.2, 0.25) is 0 Å². The van der Waals surface area contributed by atoms with Crippen LogP contribution in [0.3, 0.4) is 0 Å². The van der Waals surface area contributed by atoms with Crippen LogP contribution in [-0.4, -0.2) is 68.5 Å². The van der Waals surface area contributed by atoms with E-state index < -0.39 is 0 Å². The molecule has 0 spiro atoms. The van der Waals surface area contributed by atoms with Crippen LogP contribution in [0.5, 0.6) is 5.75 Å². The molecule has 0 radical (unpaired) electrons. The number of hydrogen-bond donors (Lipinski definition) is 1. The molecular formula is C41H50N4O4S. The Balaban J connectivity index is 0.000000794. The van der Waals surface area contributed by atoms with Crippen LogP contribution in [0.1, 0.15) is 60.9 Å². The van der Waals surface area contributed by atoms with Gasteiger partial charge in [0.15, 0.2) is 0 Å². The topological polar surface area (TPSA) is 76.2 Å². The monoisotopic (exact) mass is 694 g/mol. The molecule has 4 heterocycles. The van der Waals surface area contributed by atoms with Crippen molar-refractivity contribution in [3.63, 3.8) is 0 Å². The Hall–Kier alpha value is -4.02. The van der Waals surface area contributed by atoms with Crippen LogP contribution in [0.2, 0.25) is 0 Å². The first-order valence-electron chi connectivity index (χ1n) is 18.0. The number of aromatic nitrogens is 1. The smallest absolute Gasteiger partial charge is 0.251 e. The van der Waals surface area contributed by atoms with Gasteiger partial charge in [-0.05, 0) is 106 Å². The first-order chi connectivity index (χ1) is 24.5. The van der Waals surface area contributed by atoms with Crippen molar-refractivity contribution in [1.82, 2.24) is 9.88 Å². The molecule has 3 aliphatic heterocycles. The highest BCUT2D eigenvalue weighted by Crippen LogP contribution is 2.36. The molecule has 0 saturated carbocycles. The molecule has 4 aromatic rings. The lowest BCUT2D eigenvalue weighted by Crippen LogP contribution is -2.36. The van der Waals surface area contributed by atoms with Crippen molar-refractivity contribution in [2.24, 2.45) is 0 Å². The molecule has 1 N–H and O–H groups in total. The lowest BCUT2D eigenvalue weighted by Gasteiger charge is -2.31. The fraction of sp³-hybridized carbons (Fsp3) is 0.415. The quantitative estimate of drug-likeness (QED) is 0.179. The van der Waals surface area contributed by atoms with E-state index in [1.165, 1.54) is 18.4 Å². The van der Waals surface area contributed by atoms with Crippen molar-refractivity contribution in [3.8, 4) is 16.9 Å². The van der Waals surface area contributed by atoms with Crippen molar-refractivity contribution in [2.75, 3.05) is 56.8 Å². The van der Waals surface area contributed by atoms with Crippen LogP contribution in [-0.2, 0) is 27.4 Å². The molecule has 1 aromatic heterocycles. The summed E-state index contributed by atoms with van der Waals surface area (Å²) >= 11 is 1.67. The molecule has 3 aromatic carbocycles. The molecule has 0 bridgehead atoms. The SMILES string of the molecule is C1CCOC1.CCOc1ccccc1-c1ccc2c(c1)C=C(C(=O)Nc1ccc(CN(C)C3CCOCC3)cc1)CCN2Cc1csc(C)n1. The number of carbonyl (C=O) groups is 1. The molecule has 264 valence electrons. The second-order valence-electron chi connectivity index (χ2n) is 13.1. The fourth-order valence-corrected chi connectivity index (χ4v) is 7.33. The maximum absolute atomic E-state index is 13.7. The van der Waals surface area contributed by atoms with Crippen LogP contribution in [0.4, 0.5) is 11.4 Å². The second kappa shape index (κ2) is 17.8. The van der Waals surface area contributed by atoms with Crippen molar-refractivity contribution in [2.45, 2.75) is 65.1 Å². The van der Waals surface area contributed by atoms with Gasteiger partial charge in [0.1, 0.15) is 5.75 Å². The molecule has 9 heteroatoms. The zero-order valence-electron chi connectivity index (χ0n) is 29.7. The zero-order chi connectivity index (χ0) is 34.7. The molecule has 3 aliphatic rings. The average molecular weight is 695 g/mol. The Morgan fingerprint density at radius 1 is 1.02 bits per heavy atom. The maximum atomic E-state index is 13.7. The first kappa shape index (κ1) is 35.8. The summed E-state index contributed by atoms with van der Waals surface area (Å²) in [5, 5.41) is 6.35. The van der Waals surface area contributed by atoms with Gasteiger partial charge in [-0.3, -0.25) is 9.69 Å². The van der Waals surface area contributed by atoms with Crippen molar-refractivity contribution in [3.05, 3.63) is 99.5 Å². The summed E-state index contributed by atoms with van der Waals surface area (Å²) in [6.07, 6.45) is 7.39. The summed E-state index contributed by atoms with van der Waals surface area (Å²) in [6, 6.07) is 23.4. The number of amides is 1. The van der Waals surface area contributed by atoms with Crippen LogP contribution >= 0.6 is 11.3 Å². The third-order valence-corrected chi connectivity index (χ3v) is 10.3. The van der Waals surface area contributed by atoms with E-state index >= 15 is 0 Å². The maximum Gasteiger partial charge on any atom is 0.251 e. The number of aryl methyl sites for hydroxylation is 1. The third-order valence-electron chi connectivity index (χ3n) is 9.44. The molecule has 0 unspecified atom stereocenters. The average Bonchev–Trinajstić information content (AvgIpc) is 3.83. The van der Waals surface area contributed by atoms with Gasteiger partial charge in [-0.15, -0.1) is 11.3 Å². The minimum atomic E-state index is -0.0699. The fourth-order valence-electron chi connectivity index (χ4n) is 6.73. The highest BCUT2D eigenvalue weighted by atomic mass is 32.1. The molecule has 2 fully saturated rings. The van der Waals surface area contributed by atoms with Gasteiger partial charge in [0.25, 0.3) is 5.91 Å². The molecule has 7 rings (SSSR count). The molecule has 2 saturated heterocycles. The minimum absolute atomic E-state index is 0.0699. The summed E-state index contributed by atoms with van der Waals surface area (Å²) in [5.41, 5.74) is 8.04. The lowest BCUT2D eigenvalue weighted by atomic mass is 9.99. The minimum Gasteiger partial charge on any atom is -0.493 e. The van der Waals surface area contributed by atoms with Crippen molar-refractivity contribution >= 4 is 34.7 Å². The number of anilines is 2. The number of fused-ring (bicyclic) bond motifs is 1. The largest absolute Gasteiger partial charge is 0.493 e. The van der Waals surface area contributed by atoms with Crippen LogP contribution in [0, 0.1) is 6.92 Å². The molecule has 0 aliphatic carbocycles. The first-order valence-corrected chi connectivity index (χ1v) is 18.8. The number of para-hydroxylation sites is 1. The van der Waals surface area contributed by atoms with Gasteiger partial charge in [-0.2, -0.15) is 0 Å². The lowest BCUT2D eigenvalue weighted by molar-refractivity contribution is -0.112. The molecule has 1 amide bonds. The van der Waals surface area contributed by atoms with Crippen molar-refractivity contribution in [1.29, 1.82) is 0 Å². The number of benzene rings is 3. The Bertz CT molecular complexity index is 1720. The van der Waals surface area contributed by atoms with E-state index in [9.17, 15) is 4.79 Å². The number of rotatable bonds is 10. The Morgan fingerprint density at radius 3 is 2.48 bits per heavy atom. The number of hydrogen-bond acceptors (Lipinski definition) is 8. The summed E-state index contributed by atoms with van der Waals surface area (Å²) < 4.78 is 16.4. The zero-order valence-corrected chi connectivity index (χ0v) is 30.5. The Labute approximate surface area is 301 Å². The van der Waals surface area contributed by atoms with Gasteiger partial charge < -0.3 is 24.4 Å². The van der Waals surface area contributed by atoms with Gasteiger partial charge >= 0.3 is 0 Å². The van der Waals surface area contributed by atoms with Crippen molar-refractivity contribution < 1.29 is 19.0 Å². The number of nitrogens with one attached hydrogen (secondary N) is 1. The highest BCUT2D eigenvalue weighted by Gasteiger charge is 2.22. The van der Waals surface area contributed by atoms with E-state index in [0.717, 1.165) is 102 Å². The van der Waals surface area contributed by atoms with E-state index in [0.29, 0.717) is 25.6 Å². The predicted molar refractivity (Wildman–Crippen MR) is 204 cm³/mol. The number of carbonyl (C=O) groups excluding carboxylic acids is 1. The van der Waals surface area contributed by atoms with E-state index in [1.54, 1.807) is 11.3 Å². The standard InChI is InChI=1S/C37H42N4O3S.C4H8O/c1-4-44-36-8-6-5-7-34(36)28-11-14-35-30(21-28)22-29(15-18-41(35)24-32-25-45-26(2)38-32)37(42)39-31-12-9-27(10-13-31)23-40(3)33-16-19-43-20-17-33;1-2-4-5-3-1/h5-14,21-22,25,33H,4,15-20,23-24H2,1-3H3,(H,39,42);1-4H2. The second-order valence-corrected chi connectivity index (χ2v) is 14.2. The van der Waals surface area contributed by atoms with E-state index in [1.807, 2.05) is 44.2 Å². The molecular weight excluding hydrogens is 645 g/mol. The normalized spacial score (nSPS) is 16.2. The van der Waals surface area contributed by atoms with Crippen LogP contribution in [0.15, 0.2) is 77.7 Å². The van der Waals surface area contributed by atoms with E-state index in [-0.39, 0.29) is 5.91 Å². The van der Waals surface area contributed by atoms with Gasteiger partial charge in [-0.25, -0.2) is 4.98 Å². The van der Waals surface area contributed by atoms with E-state index in [2.05, 4.69) is 70.0 Å². The Kier molecular flexibility index (Phi) is 12.7. The summed E-state index contributed by atoms with van der Waals surface area (Å²) in [4.78, 5) is 23.2. The Morgan fingerprint density at radius 2 is 1.78 bits per heavy atom. The summed E-state index contributed by atoms with van der Waals surface area (Å²) in [6.45, 7) is 10.6. The summed E-state index contributed by atoms with van der Waals surface area (Å²) in [7, 11) is 2.18. The van der Waals surface area contributed by atoms with Crippen LogP contribution < -0.4 is 15.0 Å². The number of ether oxygens (including phenoxy) is 3.